The van der Waals surface area contributed by atoms with Crippen molar-refractivity contribution in [3.05, 3.63) is 48.0 Å². The van der Waals surface area contributed by atoms with E-state index in [2.05, 4.69) is 15.5 Å². The Morgan fingerprint density at radius 2 is 1.56 bits per heavy atom. The Labute approximate surface area is 305 Å². The maximum Gasteiger partial charge on any atom is 0.327 e. The number of carbonyl (C=O) groups excluding carboxylic acids is 3. The van der Waals surface area contributed by atoms with Crippen LogP contribution in [0.1, 0.15) is 85.1 Å². The van der Waals surface area contributed by atoms with Gasteiger partial charge in [-0.3, -0.25) is 9.59 Å². The molecule has 0 radical (unpaired) electrons. The molecule has 1 saturated carbocycles. The fraction of sp³-hybridized carbons (Fsp3) is 0.667. The molecule has 280 valence electrons. The van der Waals surface area contributed by atoms with Gasteiger partial charge in [-0.25, -0.2) is 9.69 Å². The van der Waals surface area contributed by atoms with Gasteiger partial charge in [0.05, 0.1) is 18.2 Å². The molecule has 2 aliphatic rings. The third-order valence-corrected chi connectivity index (χ3v) is 10.5. The number of piperazine rings is 1. The second-order valence-electron chi connectivity index (χ2n) is 15.0. The Hall–Kier alpha value is -2.76. The highest BCUT2D eigenvalue weighted by atomic mass is 35.5. The Morgan fingerprint density at radius 1 is 0.920 bits per heavy atom. The van der Waals surface area contributed by atoms with Crippen LogP contribution in [0.5, 0.6) is 0 Å². The molecular weight excluding hydrogens is 654 g/mol. The second kappa shape index (κ2) is 19.7. The first-order valence-corrected chi connectivity index (χ1v) is 18.6. The number of benzene rings is 2. The van der Waals surface area contributed by atoms with E-state index >= 15 is 0 Å². The summed E-state index contributed by atoms with van der Waals surface area (Å²) >= 11 is 0. The van der Waals surface area contributed by atoms with Crippen molar-refractivity contribution < 1.29 is 24.6 Å². The van der Waals surface area contributed by atoms with E-state index in [1.807, 2.05) is 77.2 Å². The van der Waals surface area contributed by atoms with E-state index in [1.54, 1.807) is 11.8 Å². The SMILES string of the molecule is CCC(C)C(C(=O)N[C@@H](Cc1ccc2ccccc2c1)[C@@H](O)[C@@H](O)CC(C)C)N(C(=O)C(C)NC1CCCCC1)C(=O)N1CCN(C)CC1.Cl. The van der Waals surface area contributed by atoms with Crippen molar-refractivity contribution in [1.29, 1.82) is 0 Å². The molecule has 4 N–H and O–H groups in total. The normalized spacial score (nSPS) is 19.6. The summed E-state index contributed by atoms with van der Waals surface area (Å²) in [6, 6.07) is 11.1. The highest BCUT2D eigenvalue weighted by molar-refractivity contribution is 6.02. The zero-order chi connectivity index (χ0) is 35.7. The fourth-order valence-electron chi connectivity index (χ4n) is 7.29. The number of aliphatic hydroxyl groups is 2. The van der Waals surface area contributed by atoms with Crippen LogP contribution in [0.15, 0.2) is 42.5 Å². The average Bonchev–Trinajstić information content (AvgIpc) is 3.09. The molecule has 11 heteroatoms. The predicted octanol–water partition coefficient (Wildman–Crippen LogP) is 4.98. The number of aliphatic hydroxyl groups excluding tert-OH is 2. The third-order valence-electron chi connectivity index (χ3n) is 10.5. The van der Waals surface area contributed by atoms with E-state index in [-0.39, 0.29) is 36.7 Å². The monoisotopic (exact) mass is 715 g/mol. The number of hydrogen-bond donors (Lipinski definition) is 4. The van der Waals surface area contributed by atoms with Crippen molar-refractivity contribution >= 4 is 41.0 Å². The van der Waals surface area contributed by atoms with Gasteiger partial charge in [-0.1, -0.05) is 95.8 Å². The number of hydrogen-bond acceptors (Lipinski definition) is 7. The lowest BCUT2D eigenvalue weighted by atomic mass is 9.91. The second-order valence-corrected chi connectivity index (χ2v) is 15.0. The molecule has 10 nitrogen and oxygen atoms in total. The number of imide groups is 1. The Kier molecular flexibility index (Phi) is 16.4. The molecule has 4 amide bonds. The van der Waals surface area contributed by atoms with Crippen molar-refractivity contribution in [2.24, 2.45) is 11.8 Å². The van der Waals surface area contributed by atoms with E-state index in [4.69, 9.17) is 0 Å². The number of rotatable bonds is 14. The standard InChI is InChI=1S/C39H61N5O5.ClH/c1-7-27(4)35(44(39(49)43-21-19-42(6)20-22-43)38(48)28(5)40-32-15-9-8-10-16-32)37(47)41-33(36(46)34(45)23-26(2)3)25-29-17-18-30-13-11-12-14-31(30)24-29;/h11-14,17-18,24,26-28,32-36,40,45-46H,7-10,15-16,19-23,25H2,1-6H3,(H,41,47);1H/t27?,28?,33-,34-,35?,36+;/m0./s1. The smallest absolute Gasteiger partial charge is 0.327 e. The summed E-state index contributed by atoms with van der Waals surface area (Å²) in [5, 5.41) is 31.3. The molecule has 2 aromatic carbocycles. The minimum atomic E-state index is -1.26. The summed E-state index contributed by atoms with van der Waals surface area (Å²) in [7, 11) is 2.00. The van der Waals surface area contributed by atoms with Crippen LogP contribution in [-0.4, -0.2) is 112 Å². The lowest BCUT2D eigenvalue weighted by molar-refractivity contribution is -0.142. The Balaban J connectivity index is 0.00000676. The van der Waals surface area contributed by atoms with Crippen LogP contribution in [0.4, 0.5) is 4.79 Å². The molecular formula is C39H62ClN5O5. The molecule has 1 saturated heterocycles. The Bertz CT molecular complexity index is 1380. The zero-order valence-corrected chi connectivity index (χ0v) is 31.8. The number of carbonyl (C=O) groups is 3. The molecule has 4 rings (SSSR count). The molecule has 1 heterocycles. The molecule has 3 unspecified atom stereocenters. The molecule has 1 aliphatic heterocycles. The Morgan fingerprint density at radius 3 is 2.18 bits per heavy atom. The van der Waals surface area contributed by atoms with Crippen molar-refractivity contribution in [1.82, 2.24) is 25.3 Å². The lowest BCUT2D eigenvalue weighted by Gasteiger charge is -2.41. The summed E-state index contributed by atoms with van der Waals surface area (Å²) in [5.41, 5.74) is 0.895. The van der Waals surface area contributed by atoms with Gasteiger partial charge in [-0.05, 0) is 67.8 Å². The number of amides is 4. The molecule has 0 spiro atoms. The molecule has 0 bridgehead atoms. The van der Waals surface area contributed by atoms with Gasteiger partial charge in [-0.15, -0.1) is 12.4 Å². The van der Waals surface area contributed by atoms with E-state index in [0.717, 1.165) is 42.0 Å². The first kappa shape index (κ1) is 41.7. The van der Waals surface area contributed by atoms with Gasteiger partial charge >= 0.3 is 6.03 Å². The first-order valence-electron chi connectivity index (χ1n) is 18.6. The molecule has 2 aromatic rings. The maximum absolute atomic E-state index is 14.6. The average molecular weight is 716 g/mol. The minimum absolute atomic E-state index is 0. The van der Waals surface area contributed by atoms with E-state index in [9.17, 15) is 24.6 Å². The quantitative estimate of drug-likeness (QED) is 0.218. The molecule has 1 aliphatic carbocycles. The highest BCUT2D eigenvalue weighted by Crippen LogP contribution is 2.24. The summed E-state index contributed by atoms with van der Waals surface area (Å²) < 4.78 is 0. The number of fused-ring (bicyclic) bond motifs is 1. The van der Waals surface area contributed by atoms with E-state index < -0.39 is 48.2 Å². The van der Waals surface area contributed by atoms with Gasteiger partial charge in [0.1, 0.15) is 12.1 Å². The number of likely N-dealkylation sites (N-methyl/N-ethyl adjacent to an activating group) is 1. The van der Waals surface area contributed by atoms with Crippen molar-refractivity contribution in [2.75, 3.05) is 33.2 Å². The molecule has 0 aromatic heterocycles. The third kappa shape index (κ3) is 11.1. The van der Waals surface area contributed by atoms with Gasteiger partial charge < -0.3 is 30.6 Å². The molecule has 6 atom stereocenters. The maximum atomic E-state index is 14.6. The van der Waals surface area contributed by atoms with Crippen LogP contribution in [0.2, 0.25) is 0 Å². The fourth-order valence-corrected chi connectivity index (χ4v) is 7.29. The zero-order valence-electron chi connectivity index (χ0n) is 31.0. The van der Waals surface area contributed by atoms with Crippen molar-refractivity contribution in [3.63, 3.8) is 0 Å². The van der Waals surface area contributed by atoms with Crippen LogP contribution in [0, 0.1) is 11.8 Å². The van der Waals surface area contributed by atoms with E-state index in [0.29, 0.717) is 39.0 Å². The summed E-state index contributed by atoms with van der Waals surface area (Å²) in [4.78, 5) is 48.5. The van der Waals surface area contributed by atoms with Gasteiger partial charge in [0.15, 0.2) is 0 Å². The van der Waals surface area contributed by atoms with Crippen LogP contribution in [-0.2, 0) is 16.0 Å². The largest absolute Gasteiger partial charge is 0.390 e. The number of halogens is 1. The summed E-state index contributed by atoms with van der Waals surface area (Å²) in [5.74, 6) is -1.15. The van der Waals surface area contributed by atoms with Crippen LogP contribution >= 0.6 is 12.4 Å². The first-order chi connectivity index (χ1) is 23.4. The van der Waals surface area contributed by atoms with Gasteiger partial charge in [0, 0.05) is 32.2 Å². The number of nitrogens with zero attached hydrogens (tertiary/aromatic N) is 3. The number of urea groups is 1. The number of nitrogens with one attached hydrogen (secondary N) is 2. The molecule has 2 fully saturated rings. The van der Waals surface area contributed by atoms with Crippen LogP contribution in [0.3, 0.4) is 0 Å². The van der Waals surface area contributed by atoms with Crippen LogP contribution in [0.25, 0.3) is 10.8 Å². The predicted molar refractivity (Wildman–Crippen MR) is 202 cm³/mol. The van der Waals surface area contributed by atoms with Crippen LogP contribution < -0.4 is 10.6 Å². The van der Waals surface area contributed by atoms with Gasteiger partial charge in [0.2, 0.25) is 11.8 Å². The van der Waals surface area contributed by atoms with E-state index in [1.165, 1.54) is 11.3 Å². The van der Waals surface area contributed by atoms with Gasteiger partial charge in [0.25, 0.3) is 0 Å². The molecule has 50 heavy (non-hydrogen) atoms. The highest BCUT2D eigenvalue weighted by Gasteiger charge is 2.43. The summed E-state index contributed by atoms with van der Waals surface area (Å²) in [6.07, 6.45) is 4.18. The van der Waals surface area contributed by atoms with Crippen molar-refractivity contribution in [3.8, 4) is 0 Å². The lowest BCUT2D eigenvalue weighted by Crippen LogP contribution is -2.65. The topological polar surface area (TPSA) is 125 Å². The summed E-state index contributed by atoms with van der Waals surface area (Å²) in [6.45, 7) is 11.9. The van der Waals surface area contributed by atoms with Crippen molar-refractivity contribution in [2.45, 2.75) is 122 Å². The minimum Gasteiger partial charge on any atom is -0.390 e. The van der Waals surface area contributed by atoms with Gasteiger partial charge in [-0.2, -0.15) is 0 Å².